The Labute approximate surface area is 166 Å². The standard InChI is InChI=1S/C21H21N3O3S/c1-14(20-22-15-8-3-6-11-18(15)28-20)23(2)19(25)12-7-13-24-16-9-4-5-10-17(16)27-21(24)26/h3-6,8-11,14H,7,12-13H2,1-2H3/t14-/m0/s1. The van der Waals surface area contributed by atoms with Gasteiger partial charge in [-0.25, -0.2) is 9.78 Å². The lowest BCUT2D eigenvalue weighted by molar-refractivity contribution is -0.131. The molecule has 2 aromatic heterocycles. The molecule has 7 heteroatoms. The summed E-state index contributed by atoms with van der Waals surface area (Å²) >= 11 is 1.61. The first kappa shape index (κ1) is 18.4. The summed E-state index contributed by atoms with van der Waals surface area (Å²) in [4.78, 5) is 31.0. The molecule has 6 nitrogen and oxygen atoms in total. The summed E-state index contributed by atoms with van der Waals surface area (Å²) < 4.78 is 7.94. The smallest absolute Gasteiger partial charge is 0.408 e. The van der Waals surface area contributed by atoms with Crippen LogP contribution in [0.2, 0.25) is 0 Å². The fourth-order valence-electron chi connectivity index (χ4n) is 3.24. The van der Waals surface area contributed by atoms with E-state index in [1.807, 2.05) is 49.4 Å². The highest BCUT2D eigenvalue weighted by atomic mass is 32.1. The Morgan fingerprint density at radius 3 is 2.79 bits per heavy atom. The fraction of sp³-hybridized carbons (Fsp3) is 0.286. The minimum atomic E-state index is -0.384. The van der Waals surface area contributed by atoms with E-state index in [9.17, 15) is 9.59 Å². The van der Waals surface area contributed by atoms with Gasteiger partial charge in [-0.05, 0) is 37.6 Å². The van der Waals surface area contributed by atoms with Crippen LogP contribution in [0.5, 0.6) is 0 Å². The second-order valence-corrected chi connectivity index (χ2v) is 7.85. The molecule has 0 bridgehead atoms. The second-order valence-electron chi connectivity index (χ2n) is 6.79. The van der Waals surface area contributed by atoms with Crippen LogP contribution in [0.1, 0.15) is 30.8 Å². The zero-order valence-electron chi connectivity index (χ0n) is 15.8. The van der Waals surface area contributed by atoms with Crippen LogP contribution in [0.3, 0.4) is 0 Å². The van der Waals surface area contributed by atoms with E-state index >= 15 is 0 Å². The first-order valence-electron chi connectivity index (χ1n) is 9.24. The molecule has 1 amide bonds. The summed E-state index contributed by atoms with van der Waals surface area (Å²) in [5.74, 6) is -0.350. The van der Waals surface area contributed by atoms with Gasteiger partial charge in [0.2, 0.25) is 5.91 Å². The number of rotatable bonds is 6. The van der Waals surface area contributed by atoms with Crippen molar-refractivity contribution in [2.75, 3.05) is 7.05 Å². The van der Waals surface area contributed by atoms with Crippen molar-refractivity contribution in [1.82, 2.24) is 14.5 Å². The molecule has 0 aliphatic carbocycles. The predicted molar refractivity (Wildman–Crippen MR) is 111 cm³/mol. The van der Waals surface area contributed by atoms with E-state index in [1.165, 1.54) is 0 Å². The second kappa shape index (κ2) is 7.59. The molecule has 2 aromatic carbocycles. The molecule has 0 radical (unpaired) electrons. The van der Waals surface area contributed by atoms with Crippen molar-refractivity contribution in [2.45, 2.75) is 32.4 Å². The van der Waals surface area contributed by atoms with Gasteiger partial charge in [0.1, 0.15) is 5.01 Å². The monoisotopic (exact) mass is 395 g/mol. The van der Waals surface area contributed by atoms with Gasteiger partial charge in [-0.2, -0.15) is 0 Å². The number of benzene rings is 2. The zero-order valence-corrected chi connectivity index (χ0v) is 16.6. The van der Waals surface area contributed by atoms with Crippen molar-refractivity contribution < 1.29 is 9.21 Å². The number of para-hydroxylation sites is 3. The lowest BCUT2D eigenvalue weighted by Crippen LogP contribution is -2.29. The maximum absolute atomic E-state index is 12.6. The highest BCUT2D eigenvalue weighted by Crippen LogP contribution is 2.29. The molecule has 0 aliphatic rings. The van der Waals surface area contributed by atoms with Crippen LogP contribution in [0.4, 0.5) is 0 Å². The van der Waals surface area contributed by atoms with Crippen molar-refractivity contribution in [3.63, 3.8) is 0 Å². The van der Waals surface area contributed by atoms with E-state index in [-0.39, 0.29) is 17.7 Å². The Morgan fingerprint density at radius 2 is 1.96 bits per heavy atom. The maximum Gasteiger partial charge on any atom is 0.419 e. The van der Waals surface area contributed by atoms with Gasteiger partial charge < -0.3 is 9.32 Å². The summed E-state index contributed by atoms with van der Waals surface area (Å²) in [6.45, 7) is 2.44. The average Bonchev–Trinajstić information content (AvgIpc) is 3.27. The number of carbonyl (C=O) groups excluding carboxylic acids is 1. The Hall–Kier alpha value is -2.93. The molecule has 2 heterocycles. The van der Waals surface area contributed by atoms with Gasteiger partial charge in [0, 0.05) is 20.0 Å². The quantitative estimate of drug-likeness (QED) is 0.491. The lowest BCUT2D eigenvalue weighted by atomic mass is 10.2. The van der Waals surface area contributed by atoms with Crippen LogP contribution in [0.15, 0.2) is 57.7 Å². The fourth-order valence-corrected chi connectivity index (χ4v) is 4.30. The highest BCUT2D eigenvalue weighted by Gasteiger charge is 2.20. The lowest BCUT2D eigenvalue weighted by Gasteiger charge is -2.23. The Kier molecular flexibility index (Phi) is 5.00. The zero-order chi connectivity index (χ0) is 19.7. The van der Waals surface area contributed by atoms with Gasteiger partial charge in [-0.15, -0.1) is 11.3 Å². The van der Waals surface area contributed by atoms with Gasteiger partial charge in [-0.3, -0.25) is 9.36 Å². The van der Waals surface area contributed by atoms with Crippen molar-refractivity contribution in [1.29, 1.82) is 0 Å². The van der Waals surface area contributed by atoms with E-state index in [4.69, 9.17) is 4.42 Å². The number of oxazole rings is 1. The van der Waals surface area contributed by atoms with Gasteiger partial charge in [0.15, 0.2) is 5.58 Å². The van der Waals surface area contributed by atoms with E-state index in [1.54, 1.807) is 33.9 Å². The van der Waals surface area contributed by atoms with E-state index in [0.717, 1.165) is 20.7 Å². The third-order valence-corrected chi connectivity index (χ3v) is 6.19. The maximum atomic E-state index is 12.6. The Balaban J connectivity index is 1.40. The van der Waals surface area contributed by atoms with Crippen LogP contribution < -0.4 is 5.76 Å². The Morgan fingerprint density at radius 1 is 1.21 bits per heavy atom. The van der Waals surface area contributed by atoms with Crippen LogP contribution in [-0.2, 0) is 11.3 Å². The van der Waals surface area contributed by atoms with E-state index in [2.05, 4.69) is 4.98 Å². The summed E-state index contributed by atoms with van der Waals surface area (Å²) in [7, 11) is 1.80. The molecule has 144 valence electrons. The molecule has 4 aromatic rings. The topological polar surface area (TPSA) is 68.3 Å². The van der Waals surface area contributed by atoms with Crippen LogP contribution in [0, 0.1) is 0 Å². The Bertz CT molecular complexity index is 1160. The SMILES string of the molecule is C[C@@H](c1nc2ccccc2s1)N(C)C(=O)CCCn1c(=O)oc2ccccc21. The molecule has 0 unspecified atom stereocenters. The molecule has 0 spiro atoms. The molecule has 1 atom stereocenters. The molecule has 0 saturated heterocycles. The number of hydrogen-bond acceptors (Lipinski definition) is 5. The number of amides is 1. The van der Waals surface area contributed by atoms with Crippen molar-refractivity contribution >= 4 is 38.6 Å². The number of fused-ring (bicyclic) bond motifs is 2. The first-order chi connectivity index (χ1) is 13.5. The third-order valence-electron chi connectivity index (χ3n) is 4.99. The van der Waals surface area contributed by atoms with Gasteiger partial charge in [-0.1, -0.05) is 24.3 Å². The van der Waals surface area contributed by atoms with Gasteiger partial charge in [0.25, 0.3) is 0 Å². The number of hydrogen-bond donors (Lipinski definition) is 0. The molecule has 28 heavy (non-hydrogen) atoms. The summed E-state index contributed by atoms with van der Waals surface area (Å²) in [5, 5.41) is 0.925. The number of carbonyl (C=O) groups is 1. The van der Waals surface area contributed by atoms with Crippen molar-refractivity contribution in [3.8, 4) is 0 Å². The molecular formula is C21H21N3O3S. The first-order valence-corrected chi connectivity index (χ1v) is 10.1. The number of aromatic nitrogens is 2. The van der Waals surface area contributed by atoms with Crippen LogP contribution in [0.25, 0.3) is 21.3 Å². The molecular weight excluding hydrogens is 374 g/mol. The third kappa shape index (κ3) is 3.45. The minimum absolute atomic E-state index is 0.0348. The number of aryl methyl sites for hydroxylation is 1. The highest BCUT2D eigenvalue weighted by molar-refractivity contribution is 7.18. The molecule has 0 aliphatic heterocycles. The largest absolute Gasteiger partial charge is 0.419 e. The number of nitrogens with zero attached hydrogens (tertiary/aromatic N) is 3. The summed E-state index contributed by atoms with van der Waals surface area (Å²) in [5.41, 5.74) is 2.29. The van der Waals surface area contributed by atoms with E-state index < -0.39 is 0 Å². The minimum Gasteiger partial charge on any atom is -0.408 e. The normalized spacial score (nSPS) is 12.5. The summed E-state index contributed by atoms with van der Waals surface area (Å²) in [6.07, 6.45) is 0.927. The van der Waals surface area contributed by atoms with Gasteiger partial charge in [0.05, 0.1) is 21.8 Å². The van der Waals surface area contributed by atoms with Crippen molar-refractivity contribution in [3.05, 3.63) is 64.1 Å². The van der Waals surface area contributed by atoms with Crippen LogP contribution >= 0.6 is 11.3 Å². The average molecular weight is 395 g/mol. The summed E-state index contributed by atoms with van der Waals surface area (Å²) in [6, 6.07) is 15.2. The van der Waals surface area contributed by atoms with Crippen LogP contribution in [-0.4, -0.2) is 27.4 Å². The molecule has 4 rings (SSSR count). The molecule has 0 saturated carbocycles. The molecule has 0 fully saturated rings. The molecule has 0 N–H and O–H groups in total. The van der Waals surface area contributed by atoms with Crippen molar-refractivity contribution in [2.24, 2.45) is 0 Å². The number of thiazole rings is 1. The van der Waals surface area contributed by atoms with Gasteiger partial charge >= 0.3 is 5.76 Å². The van der Waals surface area contributed by atoms with E-state index in [0.29, 0.717) is 25.0 Å². The predicted octanol–water partition coefficient (Wildman–Crippen LogP) is 4.20.